The number of hydrogen-bond donors (Lipinski definition) is 2. The lowest BCUT2D eigenvalue weighted by Gasteiger charge is -2.21. The van der Waals surface area contributed by atoms with E-state index in [1.807, 2.05) is 12.1 Å². The Bertz CT molecular complexity index is 348. The second kappa shape index (κ2) is 6.72. The van der Waals surface area contributed by atoms with Gasteiger partial charge in [0.1, 0.15) is 5.82 Å². The second-order valence-electron chi connectivity index (χ2n) is 4.65. The maximum atomic E-state index is 13.5. The molecule has 1 atom stereocenters. The summed E-state index contributed by atoms with van der Waals surface area (Å²) in [6, 6.07) is 5.38. The lowest BCUT2D eigenvalue weighted by Crippen LogP contribution is -2.29. The highest BCUT2D eigenvalue weighted by Gasteiger charge is 2.15. The van der Waals surface area contributed by atoms with E-state index in [-0.39, 0.29) is 11.9 Å². The molecule has 0 spiro atoms. The summed E-state index contributed by atoms with van der Waals surface area (Å²) >= 11 is 0. The van der Waals surface area contributed by atoms with E-state index < -0.39 is 0 Å². The summed E-state index contributed by atoms with van der Waals surface area (Å²) in [4.78, 5) is 0. The van der Waals surface area contributed by atoms with Crippen LogP contribution in [-0.2, 0) is 0 Å². The van der Waals surface area contributed by atoms with Gasteiger partial charge < -0.3 is 0 Å². The first-order valence-electron chi connectivity index (χ1n) is 6.34. The highest BCUT2D eigenvalue weighted by Crippen LogP contribution is 2.25. The normalized spacial score (nSPS) is 13.1. The Hall–Kier alpha value is -0.930. The first kappa shape index (κ1) is 14.1. The van der Waals surface area contributed by atoms with Gasteiger partial charge in [0.2, 0.25) is 0 Å². The smallest absolute Gasteiger partial charge is 0.126 e. The zero-order chi connectivity index (χ0) is 12.8. The largest absolute Gasteiger partial charge is 0.271 e. The summed E-state index contributed by atoms with van der Waals surface area (Å²) in [7, 11) is 0. The van der Waals surface area contributed by atoms with Crippen LogP contribution >= 0.6 is 0 Å². The van der Waals surface area contributed by atoms with Crippen LogP contribution < -0.4 is 11.3 Å². The maximum Gasteiger partial charge on any atom is 0.126 e. The van der Waals surface area contributed by atoms with E-state index in [9.17, 15) is 4.39 Å². The van der Waals surface area contributed by atoms with E-state index in [2.05, 4.69) is 19.3 Å². The van der Waals surface area contributed by atoms with E-state index in [0.29, 0.717) is 11.5 Å². The monoisotopic (exact) mass is 238 g/mol. The lowest BCUT2D eigenvalue weighted by atomic mass is 9.91. The fraction of sp³-hybridized carbons (Fsp3) is 0.571. The molecule has 1 aromatic carbocycles. The molecule has 0 aliphatic rings. The molecule has 0 aliphatic heterocycles. The van der Waals surface area contributed by atoms with Crippen LogP contribution in [-0.4, -0.2) is 0 Å². The molecule has 1 aromatic rings. The zero-order valence-electron chi connectivity index (χ0n) is 11.0. The number of rotatable bonds is 6. The van der Waals surface area contributed by atoms with Crippen LogP contribution in [0.5, 0.6) is 0 Å². The van der Waals surface area contributed by atoms with Crippen LogP contribution in [0.25, 0.3) is 0 Å². The molecule has 0 heterocycles. The molecule has 1 rings (SSSR count). The molecule has 3 heteroatoms. The molecular formula is C14H23FN2. The molecule has 0 amide bonds. The first-order chi connectivity index (χ1) is 8.12. The molecule has 3 N–H and O–H groups in total. The fourth-order valence-corrected chi connectivity index (χ4v) is 2.08. The van der Waals surface area contributed by atoms with Crippen molar-refractivity contribution in [1.82, 2.24) is 5.43 Å². The highest BCUT2D eigenvalue weighted by molar-refractivity contribution is 5.25. The van der Waals surface area contributed by atoms with Crippen molar-refractivity contribution in [3.8, 4) is 0 Å². The van der Waals surface area contributed by atoms with Crippen LogP contribution in [0.15, 0.2) is 18.2 Å². The van der Waals surface area contributed by atoms with E-state index in [1.54, 1.807) is 13.0 Å². The first-order valence-corrected chi connectivity index (χ1v) is 6.34. The molecule has 17 heavy (non-hydrogen) atoms. The van der Waals surface area contributed by atoms with Crippen LogP contribution in [0.4, 0.5) is 4.39 Å². The molecule has 0 aliphatic carbocycles. The third-order valence-corrected chi connectivity index (χ3v) is 3.52. The van der Waals surface area contributed by atoms with Gasteiger partial charge in [-0.1, -0.05) is 38.8 Å². The van der Waals surface area contributed by atoms with E-state index >= 15 is 0 Å². The molecule has 0 aromatic heterocycles. The van der Waals surface area contributed by atoms with Crippen molar-refractivity contribution in [3.63, 3.8) is 0 Å². The van der Waals surface area contributed by atoms with E-state index in [0.717, 1.165) is 24.8 Å². The number of aryl methyl sites for hydroxylation is 1. The molecule has 0 saturated carbocycles. The minimum Gasteiger partial charge on any atom is -0.271 e. The van der Waals surface area contributed by atoms with Gasteiger partial charge in [0.05, 0.1) is 0 Å². The highest BCUT2D eigenvalue weighted by atomic mass is 19.1. The summed E-state index contributed by atoms with van der Waals surface area (Å²) in [5.74, 6) is 6.04. The number of nitrogens with two attached hydrogens (primary N) is 1. The Labute approximate surface area is 103 Å². The Morgan fingerprint density at radius 2 is 1.94 bits per heavy atom. The van der Waals surface area contributed by atoms with Gasteiger partial charge in [0.25, 0.3) is 0 Å². The molecule has 0 radical (unpaired) electrons. The maximum absolute atomic E-state index is 13.5. The summed E-state index contributed by atoms with van der Waals surface area (Å²) in [6.45, 7) is 6.12. The summed E-state index contributed by atoms with van der Waals surface area (Å²) in [5, 5.41) is 0. The third-order valence-electron chi connectivity index (χ3n) is 3.52. The molecule has 2 nitrogen and oxygen atoms in total. The van der Waals surface area contributed by atoms with Crippen LogP contribution in [0.2, 0.25) is 0 Å². The molecule has 0 saturated heterocycles. The lowest BCUT2D eigenvalue weighted by molar-refractivity contribution is 0.374. The Morgan fingerprint density at radius 1 is 1.29 bits per heavy atom. The van der Waals surface area contributed by atoms with Crippen molar-refractivity contribution in [1.29, 1.82) is 0 Å². The van der Waals surface area contributed by atoms with Crippen LogP contribution in [0.3, 0.4) is 0 Å². The third kappa shape index (κ3) is 3.79. The number of hydrazine groups is 1. The fourth-order valence-electron chi connectivity index (χ4n) is 2.08. The van der Waals surface area contributed by atoms with Gasteiger partial charge in [-0.2, -0.15) is 0 Å². The zero-order valence-corrected chi connectivity index (χ0v) is 11.0. The predicted octanol–water partition coefficient (Wildman–Crippen LogP) is 3.46. The molecular weight excluding hydrogens is 215 g/mol. The van der Waals surface area contributed by atoms with E-state index in [4.69, 9.17) is 5.84 Å². The molecule has 1 unspecified atom stereocenters. The van der Waals surface area contributed by atoms with Gasteiger partial charge >= 0.3 is 0 Å². The number of benzene rings is 1. The minimum absolute atomic E-state index is 0.0370. The average Bonchev–Trinajstić information content (AvgIpc) is 2.35. The summed E-state index contributed by atoms with van der Waals surface area (Å²) < 4.78 is 13.5. The molecule has 0 bridgehead atoms. The van der Waals surface area contributed by atoms with Crippen molar-refractivity contribution in [2.75, 3.05) is 0 Å². The number of hydrogen-bond acceptors (Lipinski definition) is 2. The SMILES string of the molecule is CCC(CC)CC(NN)c1ccc(C)c(F)c1. The topological polar surface area (TPSA) is 38.0 Å². The Kier molecular flexibility index (Phi) is 5.59. The molecule has 0 fully saturated rings. The van der Waals surface area contributed by atoms with Gasteiger partial charge in [0, 0.05) is 6.04 Å². The van der Waals surface area contributed by atoms with Gasteiger partial charge in [-0.3, -0.25) is 11.3 Å². The van der Waals surface area contributed by atoms with Crippen LogP contribution in [0, 0.1) is 18.7 Å². The van der Waals surface area contributed by atoms with Gasteiger partial charge in [0.15, 0.2) is 0 Å². The van der Waals surface area contributed by atoms with Crippen molar-refractivity contribution >= 4 is 0 Å². The summed E-state index contributed by atoms with van der Waals surface area (Å²) in [6.07, 6.45) is 3.21. The predicted molar refractivity (Wildman–Crippen MR) is 69.9 cm³/mol. The van der Waals surface area contributed by atoms with Gasteiger partial charge in [-0.05, 0) is 36.5 Å². The van der Waals surface area contributed by atoms with Crippen molar-refractivity contribution < 1.29 is 4.39 Å². The second-order valence-corrected chi connectivity index (χ2v) is 4.65. The number of halogens is 1. The minimum atomic E-state index is -0.160. The standard InChI is InChI=1S/C14H23FN2/c1-4-11(5-2)8-14(17-16)12-7-6-10(3)13(15)9-12/h6-7,9,11,14,17H,4-5,8,16H2,1-3H3. The van der Waals surface area contributed by atoms with Crippen molar-refractivity contribution in [2.45, 2.75) is 46.1 Å². The Morgan fingerprint density at radius 3 is 2.41 bits per heavy atom. The Balaban J connectivity index is 2.82. The van der Waals surface area contributed by atoms with Crippen molar-refractivity contribution in [3.05, 3.63) is 35.1 Å². The van der Waals surface area contributed by atoms with Gasteiger partial charge in [-0.25, -0.2) is 4.39 Å². The molecule has 96 valence electrons. The number of nitrogens with one attached hydrogen (secondary N) is 1. The van der Waals surface area contributed by atoms with Crippen molar-refractivity contribution in [2.24, 2.45) is 11.8 Å². The average molecular weight is 238 g/mol. The quantitative estimate of drug-likeness (QED) is 0.588. The van der Waals surface area contributed by atoms with E-state index in [1.165, 1.54) is 0 Å². The van der Waals surface area contributed by atoms with Gasteiger partial charge in [-0.15, -0.1) is 0 Å². The van der Waals surface area contributed by atoms with Crippen LogP contribution in [0.1, 0.15) is 50.3 Å². The summed E-state index contributed by atoms with van der Waals surface area (Å²) in [5.41, 5.74) is 4.40.